The highest BCUT2D eigenvalue weighted by Crippen LogP contribution is 2.33. The summed E-state index contributed by atoms with van der Waals surface area (Å²) in [7, 11) is 0. The van der Waals surface area contributed by atoms with Gasteiger partial charge in [-0.05, 0) is 36.7 Å². The van der Waals surface area contributed by atoms with E-state index in [0.29, 0.717) is 11.6 Å². The number of nitrogens with zero attached hydrogens (tertiary/aromatic N) is 2. The number of aryl methyl sites for hydroxylation is 1. The molecule has 0 unspecified atom stereocenters. The van der Waals surface area contributed by atoms with Crippen molar-refractivity contribution in [2.45, 2.75) is 13.5 Å². The summed E-state index contributed by atoms with van der Waals surface area (Å²) < 4.78 is 0. The number of fused-ring (bicyclic) bond motifs is 2. The van der Waals surface area contributed by atoms with Crippen molar-refractivity contribution in [3.8, 4) is 0 Å². The molecule has 0 fully saturated rings. The molecule has 0 atom stereocenters. The Hall–Kier alpha value is -1.52. The van der Waals surface area contributed by atoms with Crippen molar-refractivity contribution in [2.75, 3.05) is 10.6 Å². The van der Waals surface area contributed by atoms with Crippen LogP contribution >= 0.6 is 23.2 Å². The molecular weight excluding hydrogens is 271 g/mol. The van der Waals surface area contributed by atoms with E-state index < -0.39 is 0 Å². The van der Waals surface area contributed by atoms with Gasteiger partial charge in [0.2, 0.25) is 5.28 Å². The third kappa shape index (κ3) is 1.98. The van der Waals surface area contributed by atoms with E-state index >= 15 is 0 Å². The normalized spacial score (nSPS) is 12.8. The number of nitrogens with one attached hydrogen (secondary N) is 2. The van der Waals surface area contributed by atoms with Crippen LogP contribution in [0.4, 0.5) is 17.2 Å². The molecular formula is C12H10Cl2N4. The molecule has 2 heterocycles. The largest absolute Gasteiger partial charge is 0.379 e. The Morgan fingerprint density at radius 2 is 2.00 bits per heavy atom. The van der Waals surface area contributed by atoms with E-state index in [0.717, 1.165) is 28.5 Å². The molecule has 1 aliphatic heterocycles. The van der Waals surface area contributed by atoms with Crippen molar-refractivity contribution >= 4 is 40.4 Å². The van der Waals surface area contributed by atoms with Gasteiger partial charge < -0.3 is 10.6 Å². The van der Waals surface area contributed by atoms with E-state index in [2.05, 4.69) is 20.6 Å². The monoisotopic (exact) mass is 280 g/mol. The lowest BCUT2D eigenvalue weighted by atomic mass is 10.2. The van der Waals surface area contributed by atoms with Crippen LogP contribution in [0, 0.1) is 6.92 Å². The van der Waals surface area contributed by atoms with Crippen molar-refractivity contribution in [3.63, 3.8) is 0 Å². The van der Waals surface area contributed by atoms with Gasteiger partial charge in [-0.1, -0.05) is 11.6 Å². The first-order valence-corrected chi connectivity index (χ1v) is 6.22. The summed E-state index contributed by atoms with van der Waals surface area (Å²) in [5.41, 5.74) is 3.74. The minimum Gasteiger partial charge on any atom is -0.379 e. The number of anilines is 3. The summed E-state index contributed by atoms with van der Waals surface area (Å²) >= 11 is 11.9. The minimum absolute atomic E-state index is 0.240. The molecule has 0 saturated carbocycles. The molecule has 3 rings (SSSR count). The zero-order valence-electron chi connectivity index (χ0n) is 9.59. The summed E-state index contributed by atoms with van der Waals surface area (Å²) in [4.78, 5) is 8.38. The predicted molar refractivity (Wildman–Crippen MR) is 73.8 cm³/mol. The highest BCUT2D eigenvalue weighted by Gasteiger charge is 2.16. The van der Waals surface area contributed by atoms with Crippen molar-refractivity contribution in [1.82, 2.24) is 9.97 Å². The van der Waals surface area contributed by atoms with Crippen molar-refractivity contribution in [1.29, 1.82) is 0 Å². The van der Waals surface area contributed by atoms with Crippen LogP contribution in [0.1, 0.15) is 11.3 Å². The van der Waals surface area contributed by atoms with Gasteiger partial charge in [0.25, 0.3) is 0 Å². The molecule has 2 aromatic rings. The van der Waals surface area contributed by atoms with Crippen LogP contribution in [0.25, 0.3) is 0 Å². The van der Waals surface area contributed by atoms with Crippen LogP contribution in [-0.4, -0.2) is 9.97 Å². The first-order chi connectivity index (χ1) is 8.63. The smallest absolute Gasteiger partial charge is 0.224 e. The molecule has 0 amide bonds. The minimum atomic E-state index is 0.240. The van der Waals surface area contributed by atoms with Gasteiger partial charge in [0, 0.05) is 22.8 Å². The lowest BCUT2D eigenvalue weighted by Gasteiger charge is -2.09. The highest BCUT2D eigenvalue weighted by molar-refractivity contribution is 6.31. The maximum atomic E-state index is 5.99. The summed E-state index contributed by atoms with van der Waals surface area (Å²) in [6.07, 6.45) is 0. The Kier molecular flexibility index (Phi) is 2.76. The number of aromatic nitrogens is 2. The number of halogens is 2. The number of hydrogen-bond acceptors (Lipinski definition) is 4. The van der Waals surface area contributed by atoms with Gasteiger partial charge in [0.1, 0.15) is 5.82 Å². The lowest BCUT2D eigenvalue weighted by Crippen LogP contribution is -2.04. The van der Waals surface area contributed by atoms with Gasteiger partial charge in [-0.3, -0.25) is 0 Å². The van der Waals surface area contributed by atoms with Gasteiger partial charge in [-0.15, -0.1) is 0 Å². The Morgan fingerprint density at radius 1 is 1.17 bits per heavy atom. The molecule has 1 aliphatic rings. The van der Waals surface area contributed by atoms with Crippen LogP contribution in [0.5, 0.6) is 0 Å². The SMILES string of the molecule is Cc1nc(Cl)nc2c1CNc1ccc(Cl)cc1N2. The predicted octanol–water partition coefficient (Wildman–Crippen LogP) is 3.76. The van der Waals surface area contributed by atoms with Gasteiger partial charge in [0.15, 0.2) is 0 Å². The van der Waals surface area contributed by atoms with Crippen LogP contribution in [0.3, 0.4) is 0 Å². The molecule has 18 heavy (non-hydrogen) atoms. The molecule has 1 aromatic heterocycles. The van der Waals surface area contributed by atoms with Gasteiger partial charge in [-0.2, -0.15) is 0 Å². The quantitative estimate of drug-likeness (QED) is 0.722. The average Bonchev–Trinajstić information content (AvgIpc) is 2.47. The van der Waals surface area contributed by atoms with Crippen molar-refractivity contribution < 1.29 is 0 Å². The van der Waals surface area contributed by atoms with E-state index in [9.17, 15) is 0 Å². The molecule has 2 N–H and O–H groups in total. The fraction of sp³-hybridized carbons (Fsp3) is 0.167. The molecule has 0 bridgehead atoms. The molecule has 0 spiro atoms. The second-order valence-corrected chi connectivity index (χ2v) is 4.85. The number of benzene rings is 1. The third-order valence-electron chi connectivity index (χ3n) is 2.88. The third-order valence-corrected chi connectivity index (χ3v) is 3.28. The highest BCUT2D eigenvalue weighted by atomic mass is 35.5. The lowest BCUT2D eigenvalue weighted by molar-refractivity contribution is 1.02. The van der Waals surface area contributed by atoms with E-state index in [-0.39, 0.29) is 5.28 Å². The maximum absolute atomic E-state index is 5.99. The molecule has 4 nitrogen and oxygen atoms in total. The Labute approximate surface area is 114 Å². The summed E-state index contributed by atoms with van der Waals surface area (Å²) in [5.74, 6) is 0.723. The van der Waals surface area contributed by atoms with E-state index in [1.807, 2.05) is 25.1 Å². The second kappa shape index (κ2) is 4.30. The van der Waals surface area contributed by atoms with Gasteiger partial charge in [-0.25, -0.2) is 9.97 Å². The zero-order valence-corrected chi connectivity index (χ0v) is 11.1. The first kappa shape index (κ1) is 11.6. The molecule has 0 saturated heterocycles. The zero-order chi connectivity index (χ0) is 12.7. The summed E-state index contributed by atoms with van der Waals surface area (Å²) in [6, 6.07) is 5.63. The second-order valence-electron chi connectivity index (χ2n) is 4.07. The molecule has 6 heteroatoms. The van der Waals surface area contributed by atoms with E-state index in [4.69, 9.17) is 23.2 Å². The Balaban J connectivity index is 2.13. The van der Waals surface area contributed by atoms with Crippen LogP contribution in [-0.2, 0) is 6.54 Å². The summed E-state index contributed by atoms with van der Waals surface area (Å²) in [6.45, 7) is 2.57. The average molecular weight is 281 g/mol. The van der Waals surface area contributed by atoms with Crippen LogP contribution in [0.2, 0.25) is 10.3 Å². The fourth-order valence-electron chi connectivity index (χ4n) is 1.96. The number of rotatable bonds is 0. The van der Waals surface area contributed by atoms with E-state index in [1.165, 1.54) is 0 Å². The number of hydrogen-bond donors (Lipinski definition) is 2. The summed E-state index contributed by atoms with van der Waals surface area (Å²) in [5, 5.41) is 7.48. The van der Waals surface area contributed by atoms with Gasteiger partial charge in [0.05, 0.1) is 11.4 Å². The van der Waals surface area contributed by atoms with Crippen molar-refractivity contribution in [3.05, 3.63) is 39.8 Å². The molecule has 1 aromatic carbocycles. The fourth-order valence-corrected chi connectivity index (χ4v) is 2.35. The maximum Gasteiger partial charge on any atom is 0.224 e. The molecule has 92 valence electrons. The first-order valence-electron chi connectivity index (χ1n) is 5.47. The van der Waals surface area contributed by atoms with Crippen LogP contribution < -0.4 is 10.6 Å². The Bertz CT molecular complexity index is 628. The van der Waals surface area contributed by atoms with Gasteiger partial charge >= 0.3 is 0 Å². The molecule has 0 radical (unpaired) electrons. The topological polar surface area (TPSA) is 49.8 Å². The Morgan fingerprint density at radius 3 is 2.83 bits per heavy atom. The standard InChI is InChI=1S/C12H10Cl2N4/c1-6-8-5-15-9-3-2-7(13)4-10(9)17-11(8)18-12(14)16-6/h2-4,15H,5H2,1H3,(H,16,17,18). The van der Waals surface area contributed by atoms with E-state index in [1.54, 1.807) is 0 Å². The molecule has 0 aliphatic carbocycles. The van der Waals surface area contributed by atoms with Crippen molar-refractivity contribution in [2.24, 2.45) is 0 Å². The van der Waals surface area contributed by atoms with Crippen LogP contribution in [0.15, 0.2) is 18.2 Å².